The average Bonchev–Trinajstić information content (AvgIpc) is 3.46. The van der Waals surface area contributed by atoms with Gasteiger partial charge in [0.05, 0.1) is 20.6 Å². The summed E-state index contributed by atoms with van der Waals surface area (Å²) < 4.78 is 28.9. The maximum atomic E-state index is 14.0. The molecule has 1 N–H and O–H groups in total. The molecule has 4 rings (SSSR count). The second-order valence-corrected chi connectivity index (χ2v) is 13.3. The van der Waals surface area contributed by atoms with Gasteiger partial charge in [-0.3, -0.25) is 13.9 Å². The van der Waals surface area contributed by atoms with Gasteiger partial charge in [-0.2, -0.15) is 0 Å². The lowest BCUT2D eigenvalue weighted by atomic mass is 10.1. The summed E-state index contributed by atoms with van der Waals surface area (Å²) in [6, 6.07) is 17.0. The van der Waals surface area contributed by atoms with Crippen LogP contribution in [0.3, 0.4) is 0 Å². The van der Waals surface area contributed by atoms with Crippen molar-refractivity contribution in [1.82, 2.24) is 10.2 Å². The molecule has 1 unspecified atom stereocenters. The van der Waals surface area contributed by atoms with E-state index < -0.39 is 28.5 Å². The topological polar surface area (TPSA) is 86.8 Å². The van der Waals surface area contributed by atoms with Crippen LogP contribution < -0.4 is 9.62 Å². The third-order valence-electron chi connectivity index (χ3n) is 7.22. The van der Waals surface area contributed by atoms with Gasteiger partial charge in [0.15, 0.2) is 0 Å². The van der Waals surface area contributed by atoms with Crippen LogP contribution in [0.1, 0.15) is 43.7 Å². The zero-order chi connectivity index (χ0) is 29.7. The molecule has 0 heterocycles. The van der Waals surface area contributed by atoms with Crippen molar-refractivity contribution >= 4 is 62.3 Å². The zero-order valence-corrected chi connectivity index (χ0v) is 25.9. The fourth-order valence-electron chi connectivity index (χ4n) is 4.80. The van der Waals surface area contributed by atoms with Gasteiger partial charge >= 0.3 is 0 Å². The van der Waals surface area contributed by atoms with E-state index in [4.69, 9.17) is 34.8 Å². The molecule has 1 atom stereocenters. The molecule has 0 spiro atoms. The van der Waals surface area contributed by atoms with Crippen molar-refractivity contribution in [1.29, 1.82) is 0 Å². The maximum absolute atomic E-state index is 14.0. The number of amides is 2. The van der Waals surface area contributed by atoms with Crippen LogP contribution in [0.15, 0.2) is 71.6 Å². The summed E-state index contributed by atoms with van der Waals surface area (Å²) >= 11 is 18.8. The molecule has 3 aromatic rings. The smallest absolute Gasteiger partial charge is 0.264 e. The highest BCUT2D eigenvalue weighted by atomic mass is 35.5. The lowest BCUT2D eigenvalue weighted by Gasteiger charge is -2.32. The third kappa shape index (κ3) is 7.55. The summed E-state index contributed by atoms with van der Waals surface area (Å²) in [5.74, 6) is -0.881. The quantitative estimate of drug-likeness (QED) is 0.271. The van der Waals surface area contributed by atoms with E-state index in [9.17, 15) is 18.0 Å². The van der Waals surface area contributed by atoms with E-state index in [1.807, 2.05) is 6.92 Å². The third-order valence-corrected chi connectivity index (χ3v) is 10.1. The minimum Gasteiger partial charge on any atom is -0.352 e. The van der Waals surface area contributed by atoms with Gasteiger partial charge in [-0.1, -0.05) is 83.5 Å². The molecule has 0 radical (unpaired) electrons. The van der Waals surface area contributed by atoms with Crippen LogP contribution in [-0.4, -0.2) is 43.8 Å². The van der Waals surface area contributed by atoms with Gasteiger partial charge in [-0.25, -0.2) is 8.42 Å². The molecule has 1 saturated carbocycles. The summed E-state index contributed by atoms with van der Waals surface area (Å²) in [6.07, 6.45) is 3.86. The van der Waals surface area contributed by atoms with Crippen LogP contribution in [0.2, 0.25) is 15.1 Å². The first kappa shape index (κ1) is 31.2. The number of halogens is 3. The van der Waals surface area contributed by atoms with Crippen LogP contribution in [-0.2, 0) is 26.2 Å². The van der Waals surface area contributed by atoms with Gasteiger partial charge < -0.3 is 10.2 Å². The van der Waals surface area contributed by atoms with Crippen molar-refractivity contribution in [3.05, 3.63) is 92.9 Å². The monoisotopic (exact) mass is 635 g/mol. The molecule has 1 aliphatic rings. The Labute approximate surface area is 256 Å². The molecule has 0 saturated heterocycles. The van der Waals surface area contributed by atoms with Gasteiger partial charge in [0.1, 0.15) is 12.6 Å². The maximum Gasteiger partial charge on any atom is 0.264 e. The first-order chi connectivity index (χ1) is 19.5. The highest BCUT2D eigenvalue weighted by Gasteiger charge is 2.34. The number of carbonyl (C=O) groups excluding carboxylic acids is 2. The first-order valence-electron chi connectivity index (χ1n) is 13.3. The van der Waals surface area contributed by atoms with E-state index in [1.165, 1.54) is 29.2 Å². The highest BCUT2D eigenvalue weighted by molar-refractivity contribution is 7.92. The SMILES string of the molecule is Cc1ccc(S(=O)(=O)N(CC(=O)N(Cc2ccc(Cl)cc2)C(C)C(=O)NC2CCCC2)c2cccc(Cl)c2Cl)cc1. The summed E-state index contributed by atoms with van der Waals surface area (Å²) in [5, 5.41) is 3.72. The van der Waals surface area contributed by atoms with Crippen molar-refractivity contribution in [2.24, 2.45) is 0 Å². The molecule has 218 valence electrons. The number of carbonyl (C=O) groups is 2. The molecule has 2 amide bonds. The second-order valence-electron chi connectivity index (χ2n) is 10.2. The van der Waals surface area contributed by atoms with E-state index in [2.05, 4.69) is 5.32 Å². The fourth-order valence-corrected chi connectivity index (χ4v) is 6.80. The lowest BCUT2D eigenvalue weighted by Crippen LogP contribution is -2.52. The Morgan fingerprint density at radius 2 is 1.59 bits per heavy atom. The Morgan fingerprint density at radius 1 is 0.951 bits per heavy atom. The lowest BCUT2D eigenvalue weighted by molar-refractivity contribution is -0.139. The number of benzene rings is 3. The van der Waals surface area contributed by atoms with Crippen molar-refractivity contribution < 1.29 is 18.0 Å². The first-order valence-corrected chi connectivity index (χ1v) is 15.9. The van der Waals surface area contributed by atoms with Crippen LogP contribution in [0.25, 0.3) is 0 Å². The van der Waals surface area contributed by atoms with Gasteiger partial charge in [0, 0.05) is 17.6 Å². The molecule has 0 bridgehead atoms. The summed E-state index contributed by atoms with van der Waals surface area (Å²) in [4.78, 5) is 28.7. The molecule has 0 aromatic heterocycles. The number of hydrogen-bond donors (Lipinski definition) is 1. The Balaban J connectivity index is 1.71. The number of anilines is 1. The molecule has 3 aromatic carbocycles. The van der Waals surface area contributed by atoms with Crippen LogP contribution in [0.4, 0.5) is 5.69 Å². The van der Waals surface area contributed by atoms with Gasteiger partial charge in [-0.05, 0) is 68.7 Å². The second kappa shape index (κ2) is 13.5. The van der Waals surface area contributed by atoms with Crippen LogP contribution in [0, 0.1) is 6.92 Å². The predicted molar refractivity (Wildman–Crippen MR) is 164 cm³/mol. The number of rotatable bonds is 10. The van der Waals surface area contributed by atoms with E-state index >= 15 is 0 Å². The van der Waals surface area contributed by atoms with E-state index in [0.29, 0.717) is 5.02 Å². The largest absolute Gasteiger partial charge is 0.352 e. The molecule has 11 heteroatoms. The average molecular weight is 637 g/mol. The number of aryl methyl sites for hydroxylation is 1. The summed E-state index contributed by atoms with van der Waals surface area (Å²) in [6.45, 7) is 2.95. The van der Waals surface area contributed by atoms with E-state index in [1.54, 1.807) is 49.4 Å². The zero-order valence-electron chi connectivity index (χ0n) is 22.8. The normalized spacial score (nSPS) is 14.5. The van der Waals surface area contributed by atoms with Crippen LogP contribution >= 0.6 is 34.8 Å². The Morgan fingerprint density at radius 3 is 2.22 bits per heavy atom. The molecular formula is C30H32Cl3N3O4S. The Kier molecular flexibility index (Phi) is 10.2. The molecule has 0 aliphatic heterocycles. The summed E-state index contributed by atoms with van der Waals surface area (Å²) in [5.41, 5.74) is 1.67. The van der Waals surface area contributed by atoms with Gasteiger partial charge in [0.25, 0.3) is 10.0 Å². The molecule has 7 nitrogen and oxygen atoms in total. The van der Waals surface area contributed by atoms with E-state index in [0.717, 1.165) is 41.1 Å². The van der Waals surface area contributed by atoms with Crippen LogP contribution in [0.5, 0.6) is 0 Å². The molecule has 41 heavy (non-hydrogen) atoms. The van der Waals surface area contributed by atoms with Crippen molar-refractivity contribution in [3.8, 4) is 0 Å². The standard InChI is InChI=1S/C30H32Cl3N3O4S/c1-20-10-16-25(17-11-20)41(39,40)36(27-9-5-8-26(32)29(27)33)19-28(37)35(18-22-12-14-23(31)15-13-22)21(2)30(38)34-24-6-3-4-7-24/h5,8-17,21,24H,3-4,6-7,18-19H2,1-2H3,(H,34,38). The van der Waals surface area contributed by atoms with E-state index in [-0.39, 0.29) is 39.1 Å². The summed E-state index contributed by atoms with van der Waals surface area (Å²) in [7, 11) is -4.26. The molecule has 1 fully saturated rings. The highest BCUT2D eigenvalue weighted by Crippen LogP contribution is 2.35. The fraction of sp³-hybridized carbons (Fsp3) is 0.333. The number of hydrogen-bond acceptors (Lipinski definition) is 4. The Bertz CT molecular complexity index is 1490. The number of sulfonamides is 1. The minimum atomic E-state index is -4.26. The predicted octanol–water partition coefficient (Wildman–Crippen LogP) is 6.63. The number of nitrogens with zero attached hydrogens (tertiary/aromatic N) is 2. The molecular weight excluding hydrogens is 605 g/mol. The molecule has 1 aliphatic carbocycles. The number of nitrogens with one attached hydrogen (secondary N) is 1. The van der Waals surface area contributed by atoms with Gasteiger partial charge in [0.2, 0.25) is 11.8 Å². The minimum absolute atomic E-state index is 0.00562. The van der Waals surface area contributed by atoms with Gasteiger partial charge in [-0.15, -0.1) is 0 Å². The Hall–Kier alpha value is -2.78. The van der Waals surface area contributed by atoms with Crippen molar-refractivity contribution in [2.75, 3.05) is 10.8 Å². The van der Waals surface area contributed by atoms with Crippen molar-refractivity contribution in [3.63, 3.8) is 0 Å². The van der Waals surface area contributed by atoms with Crippen molar-refractivity contribution in [2.45, 2.75) is 63.1 Å².